The van der Waals surface area contributed by atoms with Crippen LogP contribution in [0.4, 0.5) is 21.9 Å². The molecule has 2 aromatic carbocycles. The minimum Gasteiger partial charge on any atom is -0.486 e. The third kappa shape index (κ3) is 4.45. The van der Waals surface area contributed by atoms with Crippen LogP contribution in [0.3, 0.4) is 0 Å². The molecule has 1 fully saturated rings. The van der Waals surface area contributed by atoms with E-state index in [2.05, 4.69) is 16.0 Å². The van der Waals surface area contributed by atoms with Crippen LogP contribution in [0.15, 0.2) is 42.5 Å². The van der Waals surface area contributed by atoms with E-state index < -0.39 is 6.03 Å². The van der Waals surface area contributed by atoms with Crippen LogP contribution in [0, 0.1) is 0 Å². The summed E-state index contributed by atoms with van der Waals surface area (Å²) in [5.74, 6) is 0.997. The van der Waals surface area contributed by atoms with Gasteiger partial charge in [-0.1, -0.05) is 6.07 Å². The highest BCUT2D eigenvalue weighted by Gasteiger charge is 2.32. The van der Waals surface area contributed by atoms with Gasteiger partial charge < -0.3 is 30.3 Å². The number of carbonyl (C=O) groups is 3. The molecule has 0 saturated carbocycles. The van der Waals surface area contributed by atoms with Crippen molar-refractivity contribution in [2.45, 2.75) is 19.4 Å². The zero-order valence-electron chi connectivity index (χ0n) is 16.4. The zero-order chi connectivity index (χ0) is 21.1. The van der Waals surface area contributed by atoms with Crippen molar-refractivity contribution in [3.8, 4) is 11.5 Å². The maximum absolute atomic E-state index is 12.5. The highest BCUT2D eigenvalue weighted by molar-refractivity contribution is 5.98. The molecule has 0 spiro atoms. The predicted octanol–water partition coefficient (Wildman–Crippen LogP) is 2.34. The number of amides is 4. The van der Waals surface area contributed by atoms with E-state index in [1.54, 1.807) is 47.4 Å². The van der Waals surface area contributed by atoms with E-state index in [1.165, 1.54) is 6.92 Å². The number of benzene rings is 2. The molecular weight excluding hydrogens is 388 g/mol. The van der Waals surface area contributed by atoms with Crippen molar-refractivity contribution < 1.29 is 23.9 Å². The van der Waals surface area contributed by atoms with Crippen LogP contribution in [0.2, 0.25) is 0 Å². The van der Waals surface area contributed by atoms with E-state index in [0.29, 0.717) is 48.3 Å². The molecule has 0 bridgehead atoms. The molecule has 2 aliphatic heterocycles. The monoisotopic (exact) mass is 410 g/mol. The summed E-state index contributed by atoms with van der Waals surface area (Å²) in [6.45, 7) is 2.75. The van der Waals surface area contributed by atoms with E-state index in [1.807, 2.05) is 0 Å². The fourth-order valence-corrected chi connectivity index (χ4v) is 3.48. The summed E-state index contributed by atoms with van der Waals surface area (Å²) in [5, 5.41) is 8.21. The van der Waals surface area contributed by atoms with E-state index in [-0.39, 0.29) is 24.3 Å². The van der Waals surface area contributed by atoms with Crippen molar-refractivity contribution >= 4 is 34.9 Å². The Morgan fingerprint density at radius 1 is 1.00 bits per heavy atom. The average Bonchev–Trinajstić information content (AvgIpc) is 3.07. The topological polar surface area (TPSA) is 109 Å². The average molecular weight is 410 g/mol. The van der Waals surface area contributed by atoms with Crippen LogP contribution in [0.5, 0.6) is 11.5 Å². The third-order valence-electron chi connectivity index (χ3n) is 4.74. The second-order valence-corrected chi connectivity index (χ2v) is 7.09. The maximum atomic E-state index is 12.5. The molecule has 1 unspecified atom stereocenters. The minimum atomic E-state index is -0.420. The molecule has 0 aliphatic carbocycles. The molecule has 30 heavy (non-hydrogen) atoms. The van der Waals surface area contributed by atoms with E-state index in [9.17, 15) is 14.4 Å². The van der Waals surface area contributed by atoms with Gasteiger partial charge in [0.1, 0.15) is 13.2 Å². The molecule has 2 aromatic rings. The Bertz CT molecular complexity index is 993. The van der Waals surface area contributed by atoms with Gasteiger partial charge in [0, 0.05) is 43.0 Å². The minimum absolute atomic E-state index is 0.0790. The van der Waals surface area contributed by atoms with Crippen molar-refractivity contribution in [3.63, 3.8) is 0 Å². The van der Waals surface area contributed by atoms with Crippen molar-refractivity contribution in [1.29, 1.82) is 0 Å². The number of hydrogen-bond acceptors (Lipinski definition) is 5. The molecule has 9 nitrogen and oxygen atoms in total. The Morgan fingerprint density at radius 3 is 2.50 bits per heavy atom. The van der Waals surface area contributed by atoms with Gasteiger partial charge in [0.25, 0.3) is 0 Å². The second kappa shape index (κ2) is 8.32. The highest BCUT2D eigenvalue weighted by atomic mass is 16.6. The normalized spacial score (nSPS) is 17.4. The lowest BCUT2D eigenvalue weighted by Crippen LogP contribution is -2.39. The van der Waals surface area contributed by atoms with E-state index in [0.717, 1.165) is 0 Å². The molecule has 0 aromatic heterocycles. The van der Waals surface area contributed by atoms with E-state index >= 15 is 0 Å². The van der Waals surface area contributed by atoms with Crippen molar-refractivity contribution in [3.05, 3.63) is 42.5 Å². The molecule has 3 N–H and O–H groups in total. The summed E-state index contributed by atoms with van der Waals surface area (Å²) in [7, 11) is 0. The molecule has 0 radical (unpaired) electrons. The number of nitrogens with zero attached hydrogens (tertiary/aromatic N) is 1. The quantitative estimate of drug-likeness (QED) is 0.717. The first-order valence-corrected chi connectivity index (χ1v) is 9.63. The standard InChI is InChI=1S/C21H22N4O5/c1-13(26)22-14-3-2-4-15(9-14)23-21(28)24-16-10-20(27)25(12-16)17-5-6-18-19(11-17)30-8-7-29-18/h2-6,9,11,16H,7-8,10,12H2,1H3,(H,22,26)(H2,23,24,28). The van der Waals surface area contributed by atoms with Gasteiger partial charge in [-0.2, -0.15) is 0 Å². The van der Waals surface area contributed by atoms with Crippen LogP contribution in [0.1, 0.15) is 13.3 Å². The maximum Gasteiger partial charge on any atom is 0.319 e. The molecule has 2 heterocycles. The fourth-order valence-electron chi connectivity index (χ4n) is 3.48. The second-order valence-electron chi connectivity index (χ2n) is 7.09. The van der Waals surface area contributed by atoms with Crippen molar-refractivity contribution in [2.24, 2.45) is 0 Å². The SMILES string of the molecule is CC(=O)Nc1cccc(NC(=O)NC2CC(=O)N(c3ccc4c(c3)OCCO4)C2)c1. The van der Waals surface area contributed by atoms with Crippen LogP contribution >= 0.6 is 0 Å². The van der Waals surface area contributed by atoms with Crippen LogP contribution in [0.25, 0.3) is 0 Å². The van der Waals surface area contributed by atoms with Gasteiger partial charge in [0.2, 0.25) is 11.8 Å². The Hall–Kier alpha value is -3.75. The van der Waals surface area contributed by atoms with Gasteiger partial charge >= 0.3 is 6.03 Å². The van der Waals surface area contributed by atoms with Crippen LogP contribution in [-0.4, -0.2) is 43.6 Å². The Labute approximate surface area is 173 Å². The predicted molar refractivity (Wildman–Crippen MR) is 111 cm³/mol. The highest BCUT2D eigenvalue weighted by Crippen LogP contribution is 2.35. The van der Waals surface area contributed by atoms with Gasteiger partial charge in [-0.3, -0.25) is 9.59 Å². The number of nitrogens with one attached hydrogen (secondary N) is 3. The molecule has 156 valence electrons. The summed E-state index contributed by atoms with van der Waals surface area (Å²) in [4.78, 5) is 37.6. The number of urea groups is 1. The van der Waals surface area contributed by atoms with E-state index in [4.69, 9.17) is 9.47 Å². The Balaban J connectivity index is 1.36. The van der Waals surface area contributed by atoms with Crippen molar-refractivity contribution in [2.75, 3.05) is 35.3 Å². The third-order valence-corrected chi connectivity index (χ3v) is 4.74. The first kappa shape index (κ1) is 19.6. The number of ether oxygens (including phenoxy) is 2. The number of carbonyl (C=O) groups excluding carboxylic acids is 3. The van der Waals surface area contributed by atoms with Gasteiger partial charge in [-0.25, -0.2) is 4.79 Å². The molecule has 1 atom stereocenters. The first-order chi connectivity index (χ1) is 14.5. The molecule has 4 amide bonds. The summed E-state index contributed by atoms with van der Waals surface area (Å²) in [6, 6.07) is 11.4. The first-order valence-electron chi connectivity index (χ1n) is 9.63. The largest absolute Gasteiger partial charge is 0.486 e. The van der Waals surface area contributed by atoms with Gasteiger partial charge in [0.05, 0.1) is 6.04 Å². The lowest BCUT2D eigenvalue weighted by molar-refractivity contribution is -0.117. The Kier molecular flexibility index (Phi) is 5.42. The lowest BCUT2D eigenvalue weighted by atomic mass is 10.2. The summed E-state index contributed by atoms with van der Waals surface area (Å²) in [5.41, 5.74) is 1.82. The van der Waals surface area contributed by atoms with Gasteiger partial charge in [-0.15, -0.1) is 0 Å². The fraction of sp³-hybridized carbons (Fsp3) is 0.286. The number of hydrogen-bond donors (Lipinski definition) is 3. The van der Waals surface area contributed by atoms with Gasteiger partial charge in [-0.05, 0) is 30.3 Å². The van der Waals surface area contributed by atoms with Gasteiger partial charge in [0.15, 0.2) is 11.5 Å². The van der Waals surface area contributed by atoms with Crippen LogP contribution < -0.4 is 30.3 Å². The summed E-state index contributed by atoms with van der Waals surface area (Å²) < 4.78 is 11.1. The molecular formula is C21H22N4O5. The smallest absolute Gasteiger partial charge is 0.319 e. The number of fused-ring (bicyclic) bond motifs is 1. The number of rotatable bonds is 4. The summed E-state index contributed by atoms with van der Waals surface area (Å²) in [6.07, 6.45) is 0.202. The summed E-state index contributed by atoms with van der Waals surface area (Å²) >= 11 is 0. The lowest BCUT2D eigenvalue weighted by Gasteiger charge is -2.22. The molecule has 9 heteroatoms. The van der Waals surface area contributed by atoms with Crippen LogP contribution in [-0.2, 0) is 9.59 Å². The Morgan fingerprint density at radius 2 is 1.73 bits per heavy atom. The molecule has 1 saturated heterocycles. The zero-order valence-corrected chi connectivity index (χ0v) is 16.4. The molecule has 4 rings (SSSR count). The number of anilines is 3. The van der Waals surface area contributed by atoms with Crippen molar-refractivity contribution in [1.82, 2.24) is 5.32 Å². The molecule has 2 aliphatic rings.